The summed E-state index contributed by atoms with van der Waals surface area (Å²) in [7, 11) is 1.43. The summed E-state index contributed by atoms with van der Waals surface area (Å²) in [6.45, 7) is 6.55. The maximum atomic E-state index is 13.6. The lowest BCUT2D eigenvalue weighted by Crippen LogP contribution is -2.21. The maximum Gasteiger partial charge on any atom is 0.316 e. The van der Waals surface area contributed by atoms with E-state index in [1.54, 1.807) is 16.8 Å². The summed E-state index contributed by atoms with van der Waals surface area (Å²) in [4.78, 5) is 16.7. The second-order valence-corrected chi connectivity index (χ2v) is 8.64. The summed E-state index contributed by atoms with van der Waals surface area (Å²) in [5, 5.41) is 3.42. The van der Waals surface area contributed by atoms with Crippen molar-refractivity contribution in [3.05, 3.63) is 86.8 Å². The summed E-state index contributed by atoms with van der Waals surface area (Å²) in [5.74, 6) is 0.0489. The first-order valence-electron chi connectivity index (χ1n) is 10.7. The van der Waals surface area contributed by atoms with Gasteiger partial charge in [-0.05, 0) is 63.1 Å². The molecular weight excluding hydrogens is 443 g/mol. The van der Waals surface area contributed by atoms with Gasteiger partial charge in [0.2, 0.25) is 11.7 Å². The summed E-state index contributed by atoms with van der Waals surface area (Å²) >= 11 is 5.99. The molecule has 1 aliphatic carbocycles. The van der Waals surface area contributed by atoms with Gasteiger partial charge in [0.05, 0.1) is 18.3 Å². The Labute approximate surface area is 197 Å². The average molecular weight is 469 g/mol. The fourth-order valence-corrected chi connectivity index (χ4v) is 4.27. The first-order valence-corrected chi connectivity index (χ1v) is 11.1. The molecule has 0 saturated heterocycles. The monoisotopic (exact) mass is 468 g/mol. The highest BCUT2D eigenvalue weighted by molar-refractivity contribution is 6.31. The van der Waals surface area contributed by atoms with E-state index in [1.807, 2.05) is 19.1 Å². The molecule has 0 fully saturated rings. The zero-order chi connectivity index (χ0) is 23.7. The molecule has 8 heteroatoms. The lowest BCUT2D eigenvalue weighted by molar-refractivity contribution is 0.398. The standard InChI is InChI=1S/C25H26ClFN4O2/c1-15-5-9-19(31-16(2)6-7-17(31)3)12-22(15)28-25-29-24(32)23(33-4)14-30(25)13-18-8-10-21(27)20(26)11-18/h5-7,9-12,14,18H,8,13H2,1-4H3,(H,28,29,32). The summed E-state index contributed by atoms with van der Waals surface area (Å²) in [6, 6.07) is 10.3. The third-order valence-electron chi connectivity index (χ3n) is 5.82. The molecule has 6 nitrogen and oxygen atoms in total. The molecule has 0 amide bonds. The number of ether oxygens (including phenoxy) is 1. The second kappa shape index (κ2) is 9.27. The van der Waals surface area contributed by atoms with Gasteiger partial charge in [0.15, 0.2) is 0 Å². The molecule has 2 aromatic heterocycles. The van der Waals surface area contributed by atoms with E-state index in [1.165, 1.54) is 13.2 Å². The average Bonchev–Trinajstić information content (AvgIpc) is 3.12. The summed E-state index contributed by atoms with van der Waals surface area (Å²) in [5.41, 5.74) is 4.63. The molecule has 1 unspecified atom stereocenters. The van der Waals surface area contributed by atoms with Gasteiger partial charge in [-0.1, -0.05) is 23.7 Å². The van der Waals surface area contributed by atoms with Gasteiger partial charge in [0.25, 0.3) is 0 Å². The molecule has 0 spiro atoms. The Morgan fingerprint density at radius 1 is 1.21 bits per heavy atom. The lowest BCUT2D eigenvalue weighted by atomic mass is 10.0. The van der Waals surface area contributed by atoms with E-state index in [9.17, 15) is 9.18 Å². The van der Waals surface area contributed by atoms with Gasteiger partial charge in [-0.3, -0.25) is 4.79 Å². The van der Waals surface area contributed by atoms with Crippen molar-refractivity contribution in [2.75, 3.05) is 12.4 Å². The molecule has 1 N–H and O–H groups in total. The van der Waals surface area contributed by atoms with Crippen molar-refractivity contribution in [3.63, 3.8) is 0 Å². The molecule has 2 heterocycles. The number of methoxy groups -OCH3 is 1. The first kappa shape index (κ1) is 22.9. The van der Waals surface area contributed by atoms with E-state index in [2.05, 4.69) is 46.9 Å². The number of halogens is 2. The maximum absolute atomic E-state index is 13.6. The zero-order valence-corrected chi connectivity index (χ0v) is 19.8. The molecular formula is C25H26ClFN4O2. The zero-order valence-electron chi connectivity index (χ0n) is 19.0. The number of rotatable bonds is 6. The predicted octanol–water partition coefficient (Wildman–Crippen LogP) is 5.71. The van der Waals surface area contributed by atoms with E-state index >= 15 is 0 Å². The molecule has 3 aromatic rings. The number of hydrogen-bond acceptors (Lipinski definition) is 4. The Bertz CT molecular complexity index is 1300. The van der Waals surface area contributed by atoms with Crippen molar-refractivity contribution in [3.8, 4) is 11.4 Å². The van der Waals surface area contributed by atoms with Crippen molar-refractivity contribution < 1.29 is 9.13 Å². The Balaban J connectivity index is 1.72. The molecule has 0 aliphatic heterocycles. The number of allylic oxidation sites excluding steroid dienone is 4. The Kier molecular flexibility index (Phi) is 6.42. The van der Waals surface area contributed by atoms with Crippen LogP contribution in [0.15, 0.2) is 64.3 Å². The first-order chi connectivity index (χ1) is 15.8. The Morgan fingerprint density at radius 3 is 2.61 bits per heavy atom. The van der Waals surface area contributed by atoms with Crippen LogP contribution in [0.25, 0.3) is 5.69 Å². The van der Waals surface area contributed by atoms with Crippen molar-refractivity contribution in [2.24, 2.45) is 5.92 Å². The minimum Gasteiger partial charge on any atom is -0.490 e. The highest BCUT2D eigenvalue weighted by atomic mass is 35.5. The van der Waals surface area contributed by atoms with E-state index in [0.717, 1.165) is 28.3 Å². The van der Waals surface area contributed by atoms with Crippen LogP contribution in [0.1, 0.15) is 23.4 Å². The quantitative estimate of drug-likeness (QED) is 0.503. The fourth-order valence-electron chi connectivity index (χ4n) is 4.02. The molecule has 0 saturated carbocycles. The number of benzene rings is 1. The van der Waals surface area contributed by atoms with Crippen LogP contribution >= 0.6 is 11.6 Å². The van der Waals surface area contributed by atoms with E-state index in [-0.39, 0.29) is 16.7 Å². The SMILES string of the molecule is COc1cn(CC2C=C(Cl)C(F)=CC2)c(Nc2cc(-n3c(C)ccc3C)ccc2C)nc1=O. The van der Waals surface area contributed by atoms with Crippen LogP contribution in [-0.2, 0) is 6.54 Å². The number of aryl methyl sites for hydroxylation is 3. The minimum absolute atomic E-state index is 0.0517. The number of anilines is 2. The van der Waals surface area contributed by atoms with Gasteiger partial charge in [-0.15, -0.1) is 0 Å². The molecule has 0 bridgehead atoms. The van der Waals surface area contributed by atoms with E-state index in [4.69, 9.17) is 16.3 Å². The molecule has 1 aliphatic rings. The number of aromatic nitrogens is 3. The number of nitrogens with zero attached hydrogens (tertiary/aromatic N) is 3. The van der Waals surface area contributed by atoms with Crippen molar-refractivity contribution in [2.45, 2.75) is 33.7 Å². The smallest absolute Gasteiger partial charge is 0.316 e. The molecule has 0 radical (unpaired) electrons. The molecule has 1 atom stereocenters. The van der Waals surface area contributed by atoms with E-state index in [0.29, 0.717) is 18.9 Å². The second-order valence-electron chi connectivity index (χ2n) is 8.23. The van der Waals surface area contributed by atoms with Crippen LogP contribution < -0.4 is 15.6 Å². The largest absolute Gasteiger partial charge is 0.490 e. The van der Waals surface area contributed by atoms with Crippen LogP contribution in [0.4, 0.5) is 16.0 Å². The Morgan fingerprint density at radius 2 is 1.94 bits per heavy atom. The third kappa shape index (κ3) is 4.73. The van der Waals surface area contributed by atoms with Crippen molar-refractivity contribution in [1.82, 2.24) is 14.1 Å². The third-order valence-corrected chi connectivity index (χ3v) is 6.13. The fraction of sp³-hybridized carbons (Fsp3) is 0.280. The summed E-state index contributed by atoms with van der Waals surface area (Å²) < 4.78 is 22.8. The van der Waals surface area contributed by atoms with Crippen LogP contribution in [0.2, 0.25) is 0 Å². The minimum atomic E-state index is -0.467. The number of nitrogens with one attached hydrogen (secondary N) is 1. The Hall–Kier alpha value is -3.32. The molecule has 33 heavy (non-hydrogen) atoms. The molecule has 172 valence electrons. The number of hydrogen-bond donors (Lipinski definition) is 1. The van der Waals surface area contributed by atoms with Gasteiger partial charge in [-0.2, -0.15) is 4.98 Å². The highest BCUT2D eigenvalue weighted by Crippen LogP contribution is 2.29. The van der Waals surface area contributed by atoms with Crippen LogP contribution in [0.5, 0.6) is 5.75 Å². The van der Waals surface area contributed by atoms with Crippen LogP contribution in [0.3, 0.4) is 0 Å². The van der Waals surface area contributed by atoms with Crippen molar-refractivity contribution in [1.29, 1.82) is 0 Å². The van der Waals surface area contributed by atoms with Gasteiger partial charge >= 0.3 is 5.56 Å². The van der Waals surface area contributed by atoms with Gasteiger partial charge in [0.1, 0.15) is 5.83 Å². The molecule has 1 aromatic carbocycles. The predicted molar refractivity (Wildman–Crippen MR) is 130 cm³/mol. The molecule has 4 rings (SSSR count). The van der Waals surface area contributed by atoms with Crippen LogP contribution in [-0.4, -0.2) is 21.2 Å². The lowest BCUT2D eigenvalue weighted by Gasteiger charge is -2.21. The van der Waals surface area contributed by atoms with Crippen molar-refractivity contribution >= 4 is 23.2 Å². The van der Waals surface area contributed by atoms with Crippen LogP contribution in [0, 0.1) is 26.7 Å². The highest BCUT2D eigenvalue weighted by Gasteiger charge is 2.18. The van der Waals surface area contributed by atoms with Gasteiger partial charge in [-0.25, -0.2) is 4.39 Å². The van der Waals surface area contributed by atoms with Gasteiger partial charge < -0.3 is 19.2 Å². The topological polar surface area (TPSA) is 61.1 Å². The van der Waals surface area contributed by atoms with E-state index < -0.39 is 11.4 Å². The normalized spacial score (nSPS) is 15.8. The summed E-state index contributed by atoms with van der Waals surface area (Å²) in [6.07, 6.45) is 5.28. The van der Waals surface area contributed by atoms with Gasteiger partial charge in [0, 0.05) is 35.2 Å².